The van der Waals surface area contributed by atoms with Gasteiger partial charge in [-0.3, -0.25) is 4.90 Å². The average molecular weight is 273 g/mol. The fraction of sp³-hybridized carbons (Fsp3) is 0.909. The molecule has 0 spiro atoms. The van der Waals surface area contributed by atoms with Gasteiger partial charge >= 0.3 is 0 Å². The first-order chi connectivity index (χ1) is 8.34. The predicted molar refractivity (Wildman–Crippen MR) is 70.7 cm³/mol. The zero-order valence-corrected chi connectivity index (χ0v) is 11.6. The third-order valence-electron chi connectivity index (χ3n) is 3.78. The molecule has 0 atom stereocenters. The minimum absolute atomic E-state index is 0. The summed E-state index contributed by atoms with van der Waals surface area (Å²) in [5, 5.41) is 15.5. The van der Waals surface area contributed by atoms with Crippen molar-refractivity contribution in [1.29, 1.82) is 0 Å². The quantitative estimate of drug-likeness (QED) is 0.871. The number of rotatable bonds is 4. The van der Waals surface area contributed by atoms with Crippen LogP contribution in [0.4, 0.5) is 0 Å². The summed E-state index contributed by atoms with van der Waals surface area (Å²) in [5.41, 5.74) is 0. The van der Waals surface area contributed by atoms with E-state index in [0.29, 0.717) is 12.1 Å². The van der Waals surface area contributed by atoms with Gasteiger partial charge in [0.1, 0.15) is 0 Å². The maximum absolute atomic E-state index is 4.16. The van der Waals surface area contributed by atoms with Crippen molar-refractivity contribution in [3.63, 3.8) is 0 Å². The second-order valence-electron chi connectivity index (χ2n) is 5.17. The molecule has 1 aromatic heterocycles. The van der Waals surface area contributed by atoms with Gasteiger partial charge in [-0.25, -0.2) is 4.68 Å². The van der Waals surface area contributed by atoms with E-state index in [2.05, 4.69) is 32.8 Å². The van der Waals surface area contributed by atoms with E-state index in [-0.39, 0.29) is 12.4 Å². The van der Waals surface area contributed by atoms with Crippen LogP contribution in [0.25, 0.3) is 0 Å². The Morgan fingerprint density at radius 1 is 1.28 bits per heavy atom. The molecule has 2 aliphatic rings. The second kappa shape index (κ2) is 5.95. The SMILES string of the molecule is CN(Cc1nnnn1C1CC1)C1CCNCC1.Cl. The van der Waals surface area contributed by atoms with Crippen molar-refractivity contribution in [3.8, 4) is 0 Å². The first-order valence-corrected chi connectivity index (χ1v) is 6.52. The first-order valence-electron chi connectivity index (χ1n) is 6.52. The maximum Gasteiger partial charge on any atom is 0.165 e. The Kier molecular flexibility index (Phi) is 4.53. The van der Waals surface area contributed by atoms with Gasteiger partial charge in [-0.1, -0.05) is 0 Å². The van der Waals surface area contributed by atoms with Crippen molar-refractivity contribution in [2.24, 2.45) is 0 Å². The summed E-state index contributed by atoms with van der Waals surface area (Å²) in [5.74, 6) is 1.02. The molecule has 7 heteroatoms. The van der Waals surface area contributed by atoms with Gasteiger partial charge < -0.3 is 5.32 Å². The van der Waals surface area contributed by atoms with Gasteiger partial charge in [0.2, 0.25) is 0 Å². The first kappa shape index (κ1) is 13.7. The molecule has 2 fully saturated rings. The molecule has 0 aromatic carbocycles. The molecule has 102 valence electrons. The van der Waals surface area contributed by atoms with Gasteiger partial charge in [-0.15, -0.1) is 17.5 Å². The van der Waals surface area contributed by atoms with E-state index in [4.69, 9.17) is 0 Å². The molecular formula is C11H21ClN6. The Balaban J connectivity index is 0.00000120. The maximum atomic E-state index is 4.16. The Bertz CT molecular complexity index is 371. The molecule has 1 aliphatic heterocycles. The van der Waals surface area contributed by atoms with Gasteiger partial charge in [0.05, 0.1) is 12.6 Å². The summed E-state index contributed by atoms with van der Waals surface area (Å²) in [4.78, 5) is 2.39. The van der Waals surface area contributed by atoms with Crippen LogP contribution < -0.4 is 5.32 Å². The molecule has 1 aromatic rings. The molecule has 3 rings (SSSR count). The number of hydrogen-bond acceptors (Lipinski definition) is 5. The summed E-state index contributed by atoms with van der Waals surface area (Å²) in [6, 6.07) is 1.24. The Morgan fingerprint density at radius 3 is 2.67 bits per heavy atom. The molecule has 0 radical (unpaired) electrons. The van der Waals surface area contributed by atoms with E-state index in [1.807, 2.05) is 4.68 Å². The third-order valence-corrected chi connectivity index (χ3v) is 3.78. The molecule has 6 nitrogen and oxygen atoms in total. The van der Waals surface area contributed by atoms with Crippen LogP contribution in [0.5, 0.6) is 0 Å². The lowest BCUT2D eigenvalue weighted by Gasteiger charge is -2.31. The van der Waals surface area contributed by atoms with Crippen LogP contribution in [0, 0.1) is 0 Å². The molecule has 1 saturated carbocycles. The Labute approximate surface area is 114 Å². The van der Waals surface area contributed by atoms with Crippen LogP contribution in [0.2, 0.25) is 0 Å². The fourth-order valence-corrected chi connectivity index (χ4v) is 2.52. The van der Waals surface area contributed by atoms with E-state index in [1.165, 1.54) is 25.7 Å². The second-order valence-corrected chi connectivity index (χ2v) is 5.17. The van der Waals surface area contributed by atoms with E-state index in [9.17, 15) is 0 Å². The lowest BCUT2D eigenvalue weighted by atomic mass is 10.1. The number of nitrogens with zero attached hydrogens (tertiary/aromatic N) is 5. The topological polar surface area (TPSA) is 58.9 Å². The molecule has 1 aliphatic carbocycles. The predicted octanol–water partition coefficient (Wildman–Crippen LogP) is 0.614. The monoisotopic (exact) mass is 272 g/mol. The summed E-state index contributed by atoms with van der Waals surface area (Å²) < 4.78 is 2.01. The van der Waals surface area contributed by atoms with Crippen molar-refractivity contribution < 1.29 is 0 Å². The molecule has 1 N–H and O–H groups in total. The lowest BCUT2D eigenvalue weighted by molar-refractivity contribution is 0.185. The number of tetrazole rings is 1. The lowest BCUT2D eigenvalue weighted by Crippen LogP contribution is -2.41. The van der Waals surface area contributed by atoms with Gasteiger partial charge in [0.25, 0.3) is 0 Å². The van der Waals surface area contributed by atoms with Crippen molar-refractivity contribution >= 4 is 12.4 Å². The molecule has 1 saturated heterocycles. The van der Waals surface area contributed by atoms with Crippen LogP contribution in [-0.4, -0.2) is 51.3 Å². The molecule has 0 amide bonds. The Hall–Kier alpha value is -0.720. The van der Waals surface area contributed by atoms with E-state index in [0.717, 1.165) is 25.5 Å². The number of piperidine rings is 1. The van der Waals surface area contributed by atoms with E-state index >= 15 is 0 Å². The molecule has 0 unspecified atom stereocenters. The Morgan fingerprint density at radius 2 is 2.00 bits per heavy atom. The highest BCUT2D eigenvalue weighted by atomic mass is 35.5. The van der Waals surface area contributed by atoms with Gasteiger partial charge in [0.15, 0.2) is 5.82 Å². The van der Waals surface area contributed by atoms with Gasteiger partial charge in [0, 0.05) is 6.04 Å². The fourth-order valence-electron chi connectivity index (χ4n) is 2.52. The standard InChI is InChI=1S/C11H20N6.ClH/c1-16(9-4-6-12-7-5-9)8-11-13-14-15-17(11)10-2-3-10;/h9-10,12H,2-8H2,1H3;1H. The van der Waals surface area contributed by atoms with E-state index < -0.39 is 0 Å². The molecular weight excluding hydrogens is 252 g/mol. The van der Waals surface area contributed by atoms with Gasteiger partial charge in [-0.05, 0) is 56.2 Å². The van der Waals surface area contributed by atoms with Crippen LogP contribution in [0.15, 0.2) is 0 Å². The smallest absolute Gasteiger partial charge is 0.165 e. The van der Waals surface area contributed by atoms with Crippen molar-refractivity contribution in [1.82, 2.24) is 30.4 Å². The molecule has 0 bridgehead atoms. The van der Waals surface area contributed by atoms with Crippen molar-refractivity contribution in [2.45, 2.75) is 44.3 Å². The summed E-state index contributed by atoms with van der Waals surface area (Å²) in [7, 11) is 2.18. The molecule has 2 heterocycles. The number of hydrogen-bond donors (Lipinski definition) is 1. The van der Waals surface area contributed by atoms with E-state index in [1.54, 1.807) is 0 Å². The minimum Gasteiger partial charge on any atom is -0.317 e. The number of nitrogens with one attached hydrogen (secondary N) is 1. The van der Waals surface area contributed by atoms with Crippen LogP contribution in [0.3, 0.4) is 0 Å². The highest BCUT2D eigenvalue weighted by Crippen LogP contribution is 2.34. The van der Waals surface area contributed by atoms with Crippen molar-refractivity contribution in [3.05, 3.63) is 5.82 Å². The molecule has 18 heavy (non-hydrogen) atoms. The summed E-state index contributed by atoms with van der Waals surface area (Å²) >= 11 is 0. The van der Waals surface area contributed by atoms with Crippen LogP contribution >= 0.6 is 12.4 Å². The average Bonchev–Trinajstić information content (AvgIpc) is 3.11. The van der Waals surface area contributed by atoms with Crippen molar-refractivity contribution in [2.75, 3.05) is 20.1 Å². The highest BCUT2D eigenvalue weighted by molar-refractivity contribution is 5.85. The number of halogens is 1. The van der Waals surface area contributed by atoms with Gasteiger partial charge in [-0.2, -0.15) is 0 Å². The van der Waals surface area contributed by atoms with Crippen LogP contribution in [0.1, 0.15) is 37.5 Å². The normalized spacial score (nSPS) is 21.0. The third kappa shape index (κ3) is 2.99. The highest BCUT2D eigenvalue weighted by Gasteiger charge is 2.28. The summed E-state index contributed by atoms with van der Waals surface area (Å²) in [6.07, 6.45) is 4.91. The largest absolute Gasteiger partial charge is 0.317 e. The minimum atomic E-state index is 0. The summed E-state index contributed by atoms with van der Waals surface area (Å²) in [6.45, 7) is 3.12. The zero-order chi connectivity index (χ0) is 11.7. The van der Waals surface area contributed by atoms with Crippen LogP contribution in [-0.2, 0) is 6.54 Å². The zero-order valence-electron chi connectivity index (χ0n) is 10.7. The number of aromatic nitrogens is 4.